The first-order valence-corrected chi connectivity index (χ1v) is 11.4. The number of halogens is 1. The van der Waals surface area contributed by atoms with Crippen LogP contribution in [0.3, 0.4) is 0 Å². The second-order valence-corrected chi connectivity index (χ2v) is 8.62. The standard InChI is InChI=1S/C26H32N4O2.ClH/c27-17-21-11-13-22(14-12-21)18-29-26(32)24(16-20-9-5-2-6-10-20)30-25(31)23(28)15-19-7-3-1-4-8-19;/h2,5-6,9-14,19,23-24H,1,3-4,7-8,15-16,18,28H2,(H,29,32)(H,30,31);1H/t23-,24+;/m1./s1. The lowest BCUT2D eigenvalue weighted by molar-refractivity contribution is -0.129. The van der Waals surface area contributed by atoms with E-state index in [1.54, 1.807) is 12.1 Å². The van der Waals surface area contributed by atoms with Gasteiger partial charge >= 0.3 is 0 Å². The van der Waals surface area contributed by atoms with E-state index in [0.717, 1.165) is 24.0 Å². The van der Waals surface area contributed by atoms with Crippen LogP contribution >= 0.6 is 12.4 Å². The molecule has 2 amide bonds. The predicted octanol–water partition coefficient (Wildman–Crippen LogP) is 3.62. The van der Waals surface area contributed by atoms with E-state index in [0.29, 0.717) is 30.9 Å². The van der Waals surface area contributed by atoms with E-state index >= 15 is 0 Å². The van der Waals surface area contributed by atoms with Crippen LogP contribution in [0.25, 0.3) is 0 Å². The highest BCUT2D eigenvalue weighted by Gasteiger charge is 2.26. The Kier molecular flexibility index (Phi) is 10.9. The monoisotopic (exact) mass is 468 g/mol. The maximum absolute atomic E-state index is 13.0. The fourth-order valence-corrected chi connectivity index (χ4v) is 4.24. The molecular weight excluding hydrogens is 436 g/mol. The number of carbonyl (C=O) groups is 2. The van der Waals surface area contributed by atoms with Crippen molar-refractivity contribution in [2.24, 2.45) is 11.7 Å². The third-order valence-corrected chi connectivity index (χ3v) is 6.11. The van der Waals surface area contributed by atoms with Crippen molar-refractivity contribution >= 4 is 24.2 Å². The summed E-state index contributed by atoms with van der Waals surface area (Å²) in [6, 6.07) is 17.4. The molecule has 33 heavy (non-hydrogen) atoms. The van der Waals surface area contributed by atoms with E-state index in [2.05, 4.69) is 16.7 Å². The molecule has 2 atom stereocenters. The number of nitrogens with one attached hydrogen (secondary N) is 2. The lowest BCUT2D eigenvalue weighted by atomic mass is 9.85. The predicted molar refractivity (Wildman–Crippen MR) is 131 cm³/mol. The van der Waals surface area contributed by atoms with Gasteiger partial charge in [-0.2, -0.15) is 5.26 Å². The van der Waals surface area contributed by atoms with Gasteiger partial charge in [-0.3, -0.25) is 9.59 Å². The summed E-state index contributed by atoms with van der Waals surface area (Å²) in [5, 5.41) is 14.7. The van der Waals surface area contributed by atoms with Crippen molar-refractivity contribution in [3.63, 3.8) is 0 Å². The Labute approximate surface area is 202 Å². The number of nitrogens with two attached hydrogens (primary N) is 1. The molecule has 1 saturated carbocycles. The molecule has 2 aromatic carbocycles. The number of nitrogens with zero attached hydrogens (tertiary/aromatic N) is 1. The Bertz CT molecular complexity index is 922. The van der Waals surface area contributed by atoms with Crippen LogP contribution in [0.15, 0.2) is 54.6 Å². The molecule has 0 radical (unpaired) electrons. The van der Waals surface area contributed by atoms with E-state index in [9.17, 15) is 9.59 Å². The molecule has 176 valence electrons. The molecule has 4 N–H and O–H groups in total. The maximum Gasteiger partial charge on any atom is 0.243 e. The lowest BCUT2D eigenvalue weighted by Gasteiger charge is -2.25. The molecule has 2 aromatic rings. The fourth-order valence-electron chi connectivity index (χ4n) is 4.24. The van der Waals surface area contributed by atoms with E-state index in [1.807, 2.05) is 42.5 Å². The number of hydrogen-bond acceptors (Lipinski definition) is 4. The van der Waals surface area contributed by atoms with Crippen molar-refractivity contribution in [2.45, 2.75) is 63.6 Å². The van der Waals surface area contributed by atoms with Crippen molar-refractivity contribution in [3.8, 4) is 6.07 Å². The van der Waals surface area contributed by atoms with Crippen molar-refractivity contribution < 1.29 is 9.59 Å². The average molecular weight is 469 g/mol. The molecule has 0 saturated heterocycles. The number of rotatable bonds is 9. The van der Waals surface area contributed by atoms with Gasteiger partial charge in [-0.1, -0.05) is 74.6 Å². The van der Waals surface area contributed by atoms with E-state index in [4.69, 9.17) is 11.0 Å². The summed E-state index contributed by atoms with van der Waals surface area (Å²) >= 11 is 0. The molecule has 0 spiro atoms. The Morgan fingerprint density at radius 2 is 1.64 bits per heavy atom. The molecular formula is C26H33ClN4O2. The average Bonchev–Trinajstić information content (AvgIpc) is 2.83. The fraction of sp³-hybridized carbons (Fsp3) is 0.423. The van der Waals surface area contributed by atoms with E-state index < -0.39 is 12.1 Å². The molecule has 1 fully saturated rings. The second kappa shape index (κ2) is 13.6. The summed E-state index contributed by atoms with van der Waals surface area (Å²) in [5.41, 5.74) is 8.63. The summed E-state index contributed by atoms with van der Waals surface area (Å²) in [4.78, 5) is 25.8. The van der Waals surface area contributed by atoms with Gasteiger partial charge in [-0.25, -0.2) is 0 Å². The number of amides is 2. The molecule has 0 aliphatic heterocycles. The molecule has 0 heterocycles. The molecule has 6 nitrogen and oxygen atoms in total. The molecule has 0 bridgehead atoms. The summed E-state index contributed by atoms with van der Waals surface area (Å²) in [5.74, 6) is -0.0382. The highest BCUT2D eigenvalue weighted by molar-refractivity contribution is 5.89. The number of carbonyl (C=O) groups excluding carboxylic acids is 2. The van der Waals surface area contributed by atoms with Crippen LogP contribution < -0.4 is 16.4 Å². The van der Waals surface area contributed by atoms with E-state index in [1.165, 1.54) is 19.3 Å². The maximum atomic E-state index is 13.0. The summed E-state index contributed by atoms with van der Waals surface area (Å²) in [6.45, 7) is 0.319. The SMILES string of the molecule is Cl.N#Cc1ccc(CNC(=O)[C@H](Cc2ccccc2)NC(=O)[C@H](N)CC2CCCCC2)cc1. The Morgan fingerprint density at radius 3 is 2.27 bits per heavy atom. The quantitative estimate of drug-likeness (QED) is 0.522. The molecule has 1 aliphatic carbocycles. The van der Waals surface area contributed by atoms with Gasteiger partial charge in [0.05, 0.1) is 17.7 Å². The van der Waals surface area contributed by atoms with Crippen molar-refractivity contribution in [3.05, 3.63) is 71.3 Å². The van der Waals surface area contributed by atoms with E-state index in [-0.39, 0.29) is 24.2 Å². The molecule has 1 aliphatic rings. The number of hydrogen-bond donors (Lipinski definition) is 3. The largest absolute Gasteiger partial charge is 0.350 e. The van der Waals surface area contributed by atoms with Gasteiger partial charge in [0.15, 0.2) is 0 Å². The van der Waals surface area contributed by atoms with Crippen LogP contribution in [-0.4, -0.2) is 23.9 Å². The third kappa shape index (κ3) is 8.53. The zero-order valence-electron chi connectivity index (χ0n) is 18.8. The summed E-state index contributed by atoms with van der Waals surface area (Å²) < 4.78 is 0. The minimum absolute atomic E-state index is 0. The first-order valence-electron chi connectivity index (χ1n) is 11.4. The first kappa shape index (κ1) is 26.4. The number of nitriles is 1. The molecule has 0 aromatic heterocycles. The van der Waals surface area contributed by atoms with Gasteiger partial charge in [0.1, 0.15) is 6.04 Å². The minimum Gasteiger partial charge on any atom is -0.350 e. The minimum atomic E-state index is -0.708. The highest BCUT2D eigenvalue weighted by atomic mass is 35.5. The summed E-state index contributed by atoms with van der Waals surface area (Å²) in [6.07, 6.45) is 6.97. The van der Waals surface area contributed by atoms with Crippen LogP contribution in [0.2, 0.25) is 0 Å². The third-order valence-electron chi connectivity index (χ3n) is 6.11. The Hall–Kier alpha value is -2.88. The van der Waals surface area contributed by atoms with Crippen LogP contribution in [0.4, 0.5) is 0 Å². The van der Waals surface area contributed by atoms with Crippen LogP contribution in [-0.2, 0) is 22.6 Å². The second-order valence-electron chi connectivity index (χ2n) is 8.62. The smallest absolute Gasteiger partial charge is 0.243 e. The lowest BCUT2D eigenvalue weighted by Crippen LogP contribution is -2.52. The molecule has 3 rings (SSSR count). The normalized spacial score (nSPS) is 15.4. The molecule has 7 heteroatoms. The van der Waals surface area contributed by atoms with Crippen molar-refractivity contribution in [2.75, 3.05) is 0 Å². The molecule has 0 unspecified atom stereocenters. The highest BCUT2D eigenvalue weighted by Crippen LogP contribution is 2.27. The van der Waals surface area contributed by atoms with Gasteiger partial charge in [-0.15, -0.1) is 12.4 Å². The summed E-state index contributed by atoms with van der Waals surface area (Å²) in [7, 11) is 0. The van der Waals surface area contributed by atoms with Gasteiger partial charge in [-0.05, 0) is 35.6 Å². The first-order chi connectivity index (χ1) is 15.5. The topological polar surface area (TPSA) is 108 Å². The zero-order chi connectivity index (χ0) is 22.8. The van der Waals surface area contributed by atoms with Crippen LogP contribution in [0.5, 0.6) is 0 Å². The van der Waals surface area contributed by atoms with Gasteiger partial charge in [0.2, 0.25) is 11.8 Å². The Balaban J connectivity index is 0.00000385. The van der Waals surface area contributed by atoms with Crippen LogP contribution in [0.1, 0.15) is 55.2 Å². The van der Waals surface area contributed by atoms with Crippen LogP contribution in [0, 0.1) is 17.2 Å². The van der Waals surface area contributed by atoms with Crippen molar-refractivity contribution in [1.82, 2.24) is 10.6 Å². The van der Waals surface area contributed by atoms with Gasteiger partial charge in [0.25, 0.3) is 0 Å². The van der Waals surface area contributed by atoms with Gasteiger partial charge < -0.3 is 16.4 Å². The zero-order valence-corrected chi connectivity index (χ0v) is 19.7. The van der Waals surface area contributed by atoms with Gasteiger partial charge in [0, 0.05) is 13.0 Å². The Morgan fingerprint density at radius 1 is 0.970 bits per heavy atom. The van der Waals surface area contributed by atoms with Crippen molar-refractivity contribution in [1.29, 1.82) is 5.26 Å². The number of benzene rings is 2.